The highest BCUT2D eigenvalue weighted by Gasteiger charge is 2.12. The van der Waals surface area contributed by atoms with Gasteiger partial charge in [-0.2, -0.15) is 0 Å². The van der Waals surface area contributed by atoms with Crippen molar-refractivity contribution in [3.63, 3.8) is 0 Å². The van der Waals surface area contributed by atoms with Crippen LogP contribution in [0.15, 0.2) is 21.1 Å². The van der Waals surface area contributed by atoms with Gasteiger partial charge in [0.1, 0.15) is 5.75 Å². The van der Waals surface area contributed by atoms with Crippen LogP contribution in [0, 0.1) is 0 Å². The summed E-state index contributed by atoms with van der Waals surface area (Å²) >= 11 is 6.52. The standard InChI is InChI=1S/C8H9Br2NO2/c9-5-1-4(7(11)3-12)8(13)2-6(5)10/h1-2,7,12-13H,3,11H2/t7-/m0/s1. The first-order valence-corrected chi connectivity index (χ1v) is 5.19. The summed E-state index contributed by atoms with van der Waals surface area (Å²) in [7, 11) is 0. The average Bonchev–Trinajstić information content (AvgIpc) is 2.10. The third kappa shape index (κ3) is 2.43. The van der Waals surface area contributed by atoms with E-state index in [1.165, 1.54) is 6.07 Å². The Kier molecular flexibility index (Phi) is 3.73. The number of aliphatic hydroxyl groups excluding tert-OH is 1. The first-order chi connectivity index (χ1) is 6.06. The predicted molar refractivity (Wildman–Crippen MR) is 57.5 cm³/mol. The fourth-order valence-electron chi connectivity index (χ4n) is 0.947. The summed E-state index contributed by atoms with van der Waals surface area (Å²) in [6, 6.07) is 2.67. The minimum absolute atomic E-state index is 0.0802. The number of aromatic hydroxyl groups is 1. The van der Waals surface area contributed by atoms with Crippen LogP contribution in [0.5, 0.6) is 5.75 Å². The summed E-state index contributed by atoms with van der Waals surface area (Å²) in [5.41, 5.74) is 6.09. The number of aliphatic hydroxyl groups is 1. The highest BCUT2D eigenvalue weighted by Crippen LogP contribution is 2.32. The molecule has 1 atom stereocenters. The molecule has 72 valence electrons. The minimum atomic E-state index is -0.551. The molecule has 1 aromatic carbocycles. The molecule has 13 heavy (non-hydrogen) atoms. The Bertz CT molecular complexity index is 317. The van der Waals surface area contributed by atoms with Crippen molar-refractivity contribution >= 4 is 31.9 Å². The summed E-state index contributed by atoms with van der Waals surface area (Å²) in [5.74, 6) is 0.0802. The van der Waals surface area contributed by atoms with Gasteiger partial charge in [-0.15, -0.1) is 0 Å². The maximum Gasteiger partial charge on any atom is 0.121 e. The largest absolute Gasteiger partial charge is 0.508 e. The van der Waals surface area contributed by atoms with E-state index in [0.29, 0.717) is 5.56 Å². The summed E-state index contributed by atoms with van der Waals surface area (Å²) in [4.78, 5) is 0. The Labute approximate surface area is 92.8 Å². The Balaban J connectivity index is 3.15. The van der Waals surface area contributed by atoms with Crippen molar-refractivity contribution in [1.82, 2.24) is 0 Å². The quantitative estimate of drug-likeness (QED) is 0.782. The monoisotopic (exact) mass is 309 g/mol. The van der Waals surface area contributed by atoms with Gasteiger partial charge in [0.25, 0.3) is 0 Å². The van der Waals surface area contributed by atoms with Crippen LogP contribution in [0.25, 0.3) is 0 Å². The van der Waals surface area contributed by atoms with E-state index in [0.717, 1.165) is 8.95 Å². The molecule has 1 rings (SSSR count). The number of halogens is 2. The van der Waals surface area contributed by atoms with Crippen LogP contribution >= 0.6 is 31.9 Å². The van der Waals surface area contributed by atoms with Gasteiger partial charge in [0, 0.05) is 14.5 Å². The lowest BCUT2D eigenvalue weighted by atomic mass is 10.1. The Hall–Kier alpha value is -0.100. The van der Waals surface area contributed by atoms with Crippen molar-refractivity contribution in [3.8, 4) is 5.75 Å². The molecule has 3 nitrogen and oxygen atoms in total. The number of nitrogens with two attached hydrogens (primary N) is 1. The van der Waals surface area contributed by atoms with E-state index in [4.69, 9.17) is 10.8 Å². The van der Waals surface area contributed by atoms with Gasteiger partial charge >= 0.3 is 0 Å². The smallest absolute Gasteiger partial charge is 0.121 e. The molecule has 0 aliphatic rings. The van der Waals surface area contributed by atoms with Gasteiger partial charge < -0.3 is 15.9 Å². The number of phenols is 1. The summed E-state index contributed by atoms with van der Waals surface area (Å²) < 4.78 is 1.54. The molecule has 0 spiro atoms. The number of rotatable bonds is 2. The second kappa shape index (κ2) is 4.41. The van der Waals surface area contributed by atoms with E-state index in [1.807, 2.05) is 0 Å². The second-order valence-corrected chi connectivity index (χ2v) is 4.32. The van der Waals surface area contributed by atoms with Crippen molar-refractivity contribution in [2.45, 2.75) is 6.04 Å². The topological polar surface area (TPSA) is 66.5 Å². The minimum Gasteiger partial charge on any atom is -0.508 e. The molecule has 0 heterocycles. The first-order valence-electron chi connectivity index (χ1n) is 3.60. The predicted octanol–water partition coefficient (Wildman–Crippen LogP) is 1.91. The molecule has 0 aliphatic carbocycles. The normalized spacial score (nSPS) is 12.9. The lowest BCUT2D eigenvalue weighted by Crippen LogP contribution is -2.14. The van der Waals surface area contributed by atoms with E-state index in [9.17, 15) is 5.11 Å². The molecule has 0 aliphatic heterocycles. The van der Waals surface area contributed by atoms with Crippen LogP contribution < -0.4 is 5.73 Å². The van der Waals surface area contributed by atoms with Gasteiger partial charge in [0.15, 0.2) is 0 Å². The average molecular weight is 311 g/mol. The lowest BCUT2D eigenvalue weighted by molar-refractivity contribution is 0.265. The van der Waals surface area contributed by atoms with E-state index in [-0.39, 0.29) is 12.4 Å². The van der Waals surface area contributed by atoms with Crippen LogP contribution in [0.3, 0.4) is 0 Å². The van der Waals surface area contributed by atoms with Crippen molar-refractivity contribution in [1.29, 1.82) is 0 Å². The fraction of sp³-hybridized carbons (Fsp3) is 0.250. The molecule has 0 aromatic heterocycles. The number of hydrogen-bond donors (Lipinski definition) is 3. The van der Waals surface area contributed by atoms with Gasteiger partial charge in [0.05, 0.1) is 12.6 Å². The van der Waals surface area contributed by atoms with Gasteiger partial charge in [-0.05, 0) is 44.0 Å². The Morgan fingerprint density at radius 2 is 1.85 bits per heavy atom. The molecular weight excluding hydrogens is 302 g/mol. The van der Waals surface area contributed by atoms with Crippen LogP contribution in [-0.2, 0) is 0 Å². The summed E-state index contributed by atoms with van der Waals surface area (Å²) in [6.45, 7) is -0.193. The molecule has 0 unspecified atom stereocenters. The second-order valence-electron chi connectivity index (χ2n) is 2.61. The highest BCUT2D eigenvalue weighted by atomic mass is 79.9. The van der Waals surface area contributed by atoms with E-state index in [2.05, 4.69) is 31.9 Å². The Morgan fingerprint density at radius 1 is 1.31 bits per heavy atom. The highest BCUT2D eigenvalue weighted by molar-refractivity contribution is 9.13. The van der Waals surface area contributed by atoms with Gasteiger partial charge in [-0.25, -0.2) is 0 Å². The van der Waals surface area contributed by atoms with Crippen LogP contribution in [0.1, 0.15) is 11.6 Å². The molecule has 0 saturated carbocycles. The molecule has 0 fully saturated rings. The number of hydrogen-bond acceptors (Lipinski definition) is 3. The number of benzene rings is 1. The SMILES string of the molecule is N[C@@H](CO)c1cc(Br)c(Br)cc1O. The van der Waals surface area contributed by atoms with E-state index < -0.39 is 6.04 Å². The molecule has 5 heteroatoms. The van der Waals surface area contributed by atoms with Gasteiger partial charge in [-0.3, -0.25) is 0 Å². The van der Waals surface area contributed by atoms with E-state index in [1.54, 1.807) is 6.07 Å². The number of phenolic OH excluding ortho intramolecular Hbond substituents is 1. The summed E-state index contributed by atoms with van der Waals surface area (Å²) in [5, 5.41) is 18.3. The zero-order valence-electron chi connectivity index (χ0n) is 6.67. The van der Waals surface area contributed by atoms with Crippen LogP contribution in [0.4, 0.5) is 0 Å². The third-order valence-electron chi connectivity index (χ3n) is 1.67. The maximum atomic E-state index is 9.48. The van der Waals surface area contributed by atoms with Crippen LogP contribution in [0.2, 0.25) is 0 Å². The molecule has 0 bridgehead atoms. The molecule has 1 aromatic rings. The first kappa shape index (κ1) is 11.0. The van der Waals surface area contributed by atoms with Crippen molar-refractivity contribution in [3.05, 3.63) is 26.6 Å². The molecule has 0 radical (unpaired) electrons. The fourth-order valence-corrected chi connectivity index (χ4v) is 1.64. The maximum absolute atomic E-state index is 9.48. The zero-order chi connectivity index (χ0) is 10.0. The van der Waals surface area contributed by atoms with Crippen molar-refractivity contribution < 1.29 is 10.2 Å². The van der Waals surface area contributed by atoms with Crippen molar-refractivity contribution in [2.24, 2.45) is 5.73 Å². The summed E-state index contributed by atoms with van der Waals surface area (Å²) in [6.07, 6.45) is 0. The molecule has 0 amide bonds. The van der Waals surface area contributed by atoms with Gasteiger partial charge in [0.2, 0.25) is 0 Å². The lowest BCUT2D eigenvalue weighted by Gasteiger charge is -2.11. The Morgan fingerprint density at radius 3 is 2.38 bits per heavy atom. The molecule has 4 N–H and O–H groups in total. The van der Waals surface area contributed by atoms with Crippen molar-refractivity contribution in [2.75, 3.05) is 6.61 Å². The third-order valence-corrected chi connectivity index (χ3v) is 3.51. The van der Waals surface area contributed by atoms with E-state index >= 15 is 0 Å². The zero-order valence-corrected chi connectivity index (χ0v) is 9.84. The molecular formula is C8H9Br2NO2. The van der Waals surface area contributed by atoms with Gasteiger partial charge in [-0.1, -0.05) is 0 Å². The molecule has 0 saturated heterocycles. The van der Waals surface area contributed by atoms with Crippen LogP contribution in [-0.4, -0.2) is 16.8 Å².